The van der Waals surface area contributed by atoms with Crippen LogP contribution in [-0.2, 0) is 85.3 Å². The normalized spacial score (nSPS) is 51.6. The van der Waals surface area contributed by atoms with Gasteiger partial charge in [0, 0.05) is 67.5 Å². The minimum absolute atomic E-state index is 0.0235. The van der Waals surface area contributed by atoms with E-state index < -0.39 is 146 Å². The van der Waals surface area contributed by atoms with Crippen molar-refractivity contribution in [2.24, 2.45) is 23.2 Å². The Morgan fingerprint density at radius 3 is 1.62 bits per heavy atom. The second-order valence-corrected chi connectivity index (χ2v) is 23.5. The zero-order valence-electron chi connectivity index (χ0n) is 46.1. The maximum Gasteiger partial charge on any atom is 0.309 e. The van der Waals surface area contributed by atoms with Gasteiger partial charge < -0.3 is 95.8 Å². The molecule has 8 aliphatic heterocycles. The molecule has 76 heavy (non-hydrogen) atoms. The molecule has 0 aromatic carbocycles. The van der Waals surface area contributed by atoms with Crippen LogP contribution in [0.15, 0.2) is 23.5 Å². The summed E-state index contributed by atoms with van der Waals surface area (Å²) in [5.41, 5.74) is 1.89. The molecular weight excluding hydrogens is 997 g/mol. The van der Waals surface area contributed by atoms with Gasteiger partial charge in [-0.25, -0.2) is 0 Å². The van der Waals surface area contributed by atoms with Gasteiger partial charge in [0.05, 0.1) is 98.0 Å². The summed E-state index contributed by atoms with van der Waals surface area (Å²) in [6, 6.07) is 0. The van der Waals surface area contributed by atoms with Crippen molar-refractivity contribution in [1.82, 2.24) is 0 Å². The quantitative estimate of drug-likeness (QED) is 0.164. The van der Waals surface area contributed by atoms with Crippen LogP contribution in [0.3, 0.4) is 0 Å². The number of aliphatic hydroxyl groups excluding tert-OH is 3. The van der Waals surface area contributed by atoms with E-state index in [-0.39, 0.29) is 36.2 Å². The van der Waals surface area contributed by atoms with Crippen LogP contribution in [0.2, 0.25) is 0 Å². The molecule has 432 valence electrons. The van der Waals surface area contributed by atoms with Crippen LogP contribution in [-0.4, -0.2) is 203 Å². The van der Waals surface area contributed by atoms with Crippen LogP contribution in [0, 0.1) is 23.2 Å². The summed E-state index contributed by atoms with van der Waals surface area (Å²) in [4.78, 5) is 13.8. The number of carbonyl (C=O) groups is 1. The third kappa shape index (κ3) is 11.3. The molecule has 0 amide bonds. The molecule has 2 aliphatic carbocycles. The van der Waals surface area contributed by atoms with Gasteiger partial charge in [0.25, 0.3) is 0 Å². The van der Waals surface area contributed by atoms with E-state index in [9.17, 15) is 20.1 Å². The second-order valence-electron chi connectivity index (χ2n) is 23.5. The van der Waals surface area contributed by atoms with E-state index in [1.807, 2.05) is 34.6 Å². The second kappa shape index (κ2) is 23.5. The van der Waals surface area contributed by atoms with Crippen molar-refractivity contribution < 1.29 is 101 Å². The van der Waals surface area contributed by atoms with Crippen molar-refractivity contribution in [2.75, 3.05) is 35.0 Å². The number of hydrogen-bond acceptors (Lipinski definition) is 21. The van der Waals surface area contributed by atoms with Gasteiger partial charge in [-0.3, -0.25) is 4.79 Å². The Balaban J connectivity index is 0.693. The van der Waals surface area contributed by atoms with Gasteiger partial charge in [-0.2, -0.15) is 0 Å². The number of esters is 1. The van der Waals surface area contributed by atoms with E-state index in [1.165, 1.54) is 5.57 Å². The molecule has 3 N–H and O–H groups in total. The molecule has 0 spiro atoms. The minimum atomic E-state index is -0.942. The molecule has 8 heterocycles. The van der Waals surface area contributed by atoms with Gasteiger partial charge in [-0.05, 0) is 83.6 Å². The standard InChI is InChI=1S/C55H86O21/c1-25-48(58)37(60-8)18-44(66-25)75-52-29(5)69-45(20-39(52)62-10)73-49-26(2)67-42(17-34(49)56)74-50-28(4)70-46(21-40(50)63-11)76-51-27(3)68-43(19-38(51)61-9)71-36-16-31-13-14-32-33(54(31,6)22-35(36)57)15-12-30-23-64-55(7)47(30)41(24-65-55)72-53(32)59/h13,23,25-29,32-52,56-58H,12,14-22,24H2,1-11H3. The number of fused-ring (bicyclic) bond motifs is 3. The van der Waals surface area contributed by atoms with Crippen LogP contribution in [0.5, 0.6) is 0 Å². The summed E-state index contributed by atoms with van der Waals surface area (Å²) in [5.74, 6) is -1.47. The molecule has 28 atom stereocenters. The van der Waals surface area contributed by atoms with Gasteiger partial charge in [0.15, 0.2) is 31.5 Å². The Labute approximate surface area is 446 Å². The molecule has 0 aromatic heterocycles. The minimum Gasteiger partial charge on any atom is -0.469 e. The highest BCUT2D eigenvalue weighted by Crippen LogP contribution is 2.57. The summed E-state index contributed by atoms with van der Waals surface area (Å²) in [7, 11) is 6.43. The van der Waals surface area contributed by atoms with Crippen molar-refractivity contribution in [3.8, 4) is 0 Å². The fraction of sp³-hybridized carbons (Fsp3) is 0.909. The molecule has 21 nitrogen and oxygen atoms in total. The van der Waals surface area contributed by atoms with Crippen LogP contribution in [0.1, 0.15) is 113 Å². The van der Waals surface area contributed by atoms with E-state index in [0.717, 1.165) is 18.4 Å². The molecule has 1 saturated carbocycles. The first-order valence-electron chi connectivity index (χ1n) is 27.9. The van der Waals surface area contributed by atoms with E-state index in [2.05, 4.69) is 13.0 Å². The molecule has 10 rings (SSSR count). The van der Waals surface area contributed by atoms with Crippen molar-refractivity contribution in [1.29, 1.82) is 0 Å². The number of methoxy groups -OCH3 is 4. The van der Waals surface area contributed by atoms with Gasteiger partial charge in [0.1, 0.15) is 36.6 Å². The molecule has 21 heteroatoms. The first-order chi connectivity index (χ1) is 36.3. The van der Waals surface area contributed by atoms with E-state index in [1.54, 1.807) is 41.6 Å². The lowest BCUT2D eigenvalue weighted by Crippen LogP contribution is -2.58. The van der Waals surface area contributed by atoms with Crippen molar-refractivity contribution in [3.63, 3.8) is 0 Å². The smallest absolute Gasteiger partial charge is 0.309 e. The summed E-state index contributed by atoms with van der Waals surface area (Å²) < 4.78 is 106. The predicted octanol–water partition coefficient (Wildman–Crippen LogP) is 4.07. The highest BCUT2D eigenvalue weighted by atomic mass is 16.8. The van der Waals surface area contributed by atoms with Crippen molar-refractivity contribution >= 4 is 5.97 Å². The molecular formula is C55H86O21. The zero-order valence-corrected chi connectivity index (χ0v) is 46.1. The lowest BCUT2D eigenvalue weighted by Gasteiger charge is -2.52. The van der Waals surface area contributed by atoms with Gasteiger partial charge in [0.2, 0.25) is 5.79 Å². The highest BCUT2D eigenvalue weighted by molar-refractivity contribution is 5.74. The third-order valence-electron chi connectivity index (χ3n) is 18.7. The molecule has 0 aromatic rings. The fourth-order valence-electron chi connectivity index (χ4n) is 14.5. The molecule has 28 unspecified atom stereocenters. The van der Waals surface area contributed by atoms with Gasteiger partial charge >= 0.3 is 5.97 Å². The van der Waals surface area contributed by atoms with Crippen molar-refractivity contribution in [3.05, 3.63) is 23.5 Å². The highest BCUT2D eigenvalue weighted by Gasteiger charge is 2.59. The first kappa shape index (κ1) is 57.3. The maximum atomic E-state index is 13.8. The van der Waals surface area contributed by atoms with Crippen LogP contribution in [0.25, 0.3) is 0 Å². The third-order valence-corrected chi connectivity index (χ3v) is 18.7. The molecule has 8 fully saturated rings. The van der Waals surface area contributed by atoms with Crippen LogP contribution in [0.4, 0.5) is 0 Å². The number of hydrogen-bond donors (Lipinski definition) is 3. The summed E-state index contributed by atoms with van der Waals surface area (Å²) in [5, 5.41) is 33.8. The largest absolute Gasteiger partial charge is 0.469 e. The molecule has 0 radical (unpaired) electrons. The molecule has 0 bridgehead atoms. The van der Waals surface area contributed by atoms with Crippen LogP contribution < -0.4 is 0 Å². The lowest BCUT2D eigenvalue weighted by atomic mass is 9.55. The maximum absolute atomic E-state index is 13.8. The van der Waals surface area contributed by atoms with E-state index in [0.29, 0.717) is 51.6 Å². The monoisotopic (exact) mass is 1080 g/mol. The summed E-state index contributed by atoms with van der Waals surface area (Å²) in [6.45, 7) is 13.7. The van der Waals surface area contributed by atoms with E-state index >= 15 is 0 Å². The SMILES string of the molecule is COC1CC(OC2C(C)OC(OC3C(O)CC(OC4C(C)OC(OC5C(C)OC(OC6CC7=CCC8C(=O)OC9COC%10(C)OC=C(CCC8C7(C)CC6O)C9%10)CC5OC)CC4OC)OC3C)CC2OC)OC(C)C1O. The Kier molecular flexibility index (Phi) is 17.7. The predicted molar refractivity (Wildman–Crippen MR) is 263 cm³/mol. The average molecular weight is 1080 g/mol. The zero-order chi connectivity index (χ0) is 54.0. The van der Waals surface area contributed by atoms with Crippen LogP contribution >= 0.6 is 0 Å². The number of rotatable bonds is 14. The van der Waals surface area contributed by atoms with Crippen molar-refractivity contribution in [2.45, 2.75) is 260 Å². The number of carbonyl (C=O) groups excluding carboxylic acids is 1. The molecule has 10 aliphatic rings. The fourth-order valence-corrected chi connectivity index (χ4v) is 14.5. The lowest BCUT2D eigenvalue weighted by molar-refractivity contribution is -0.351. The topological polar surface area (TPSA) is 235 Å². The Morgan fingerprint density at radius 1 is 0.592 bits per heavy atom. The van der Waals surface area contributed by atoms with Gasteiger partial charge in [-0.15, -0.1) is 0 Å². The number of ether oxygens (including phenoxy) is 17. The Morgan fingerprint density at radius 2 is 1.08 bits per heavy atom. The Bertz CT molecular complexity index is 2030. The van der Waals surface area contributed by atoms with E-state index in [4.69, 9.17) is 80.5 Å². The summed E-state index contributed by atoms with van der Waals surface area (Å²) >= 11 is 0. The number of allylic oxidation sites excluding steroid dienone is 1. The first-order valence-corrected chi connectivity index (χ1v) is 27.9. The molecule has 7 saturated heterocycles. The van der Waals surface area contributed by atoms with Gasteiger partial charge in [-0.1, -0.05) is 18.6 Å². The Hall–Kier alpha value is -1.97. The number of aliphatic hydroxyl groups is 3. The summed E-state index contributed by atoms with van der Waals surface area (Å²) in [6.07, 6.45) is -4.68. The average Bonchev–Trinajstić information content (AvgIpc) is 3.90.